The standard InChI is InChI=1S/C25H25NO4S/c1-30-22-15-14-18(17-12-13-17)20-9-5-10-21(24(20)22)25(27)26-31(28,29)23-11-4-7-16-6-2-3-8-19(16)23/h2-4,6-8,11,14-15,17,21H,5,9-10,12-13H2,1H3,(H,26,27). The fourth-order valence-electron chi connectivity index (χ4n) is 4.85. The van der Waals surface area contributed by atoms with Crippen LogP contribution in [-0.4, -0.2) is 21.4 Å². The summed E-state index contributed by atoms with van der Waals surface area (Å²) in [6.07, 6.45) is 4.70. The molecular formula is C25H25NO4S. The van der Waals surface area contributed by atoms with Crippen LogP contribution >= 0.6 is 0 Å². The highest BCUT2D eigenvalue weighted by molar-refractivity contribution is 7.90. The Morgan fingerprint density at radius 1 is 1.00 bits per heavy atom. The van der Waals surface area contributed by atoms with Crippen molar-refractivity contribution in [3.8, 4) is 5.75 Å². The van der Waals surface area contributed by atoms with Crippen molar-refractivity contribution in [1.82, 2.24) is 4.72 Å². The molecule has 0 heterocycles. The number of sulfonamides is 1. The van der Waals surface area contributed by atoms with Gasteiger partial charge in [-0.15, -0.1) is 0 Å². The molecule has 1 unspecified atom stereocenters. The third-order valence-corrected chi connectivity index (χ3v) is 7.85. The summed E-state index contributed by atoms with van der Waals surface area (Å²) < 4.78 is 34.3. The van der Waals surface area contributed by atoms with Crippen LogP contribution in [0.4, 0.5) is 0 Å². The highest BCUT2D eigenvalue weighted by Crippen LogP contribution is 2.48. The molecule has 6 heteroatoms. The van der Waals surface area contributed by atoms with Crippen molar-refractivity contribution >= 4 is 26.7 Å². The van der Waals surface area contributed by atoms with Gasteiger partial charge in [-0.1, -0.05) is 42.5 Å². The Bertz CT molecular complexity index is 1270. The van der Waals surface area contributed by atoms with Gasteiger partial charge < -0.3 is 4.74 Å². The van der Waals surface area contributed by atoms with Gasteiger partial charge in [-0.3, -0.25) is 4.79 Å². The van der Waals surface area contributed by atoms with Crippen LogP contribution in [0.2, 0.25) is 0 Å². The minimum atomic E-state index is -4.01. The van der Waals surface area contributed by atoms with Crippen molar-refractivity contribution < 1.29 is 17.9 Å². The summed E-state index contributed by atoms with van der Waals surface area (Å²) >= 11 is 0. The van der Waals surface area contributed by atoms with Gasteiger partial charge in [-0.05, 0) is 66.7 Å². The first-order valence-electron chi connectivity index (χ1n) is 10.7. The number of carbonyl (C=O) groups excluding carboxylic acids is 1. The molecule has 1 saturated carbocycles. The molecule has 1 fully saturated rings. The van der Waals surface area contributed by atoms with Crippen molar-refractivity contribution in [2.45, 2.75) is 48.8 Å². The number of rotatable bonds is 5. The number of methoxy groups -OCH3 is 1. The highest BCUT2D eigenvalue weighted by Gasteiger charge is 2.36. The van der Waals surface area contributed by atoms with Crippen molar-refractivity contribution in [2.24, 2.45) is 0 Å². The summed E-state index contributed by atoms with van der Waals surface area (Å²) in [5.41, 5.74) is 3.34. The number of benzene rings is 3. The van der Waals surface area contributed by atoms with Gasteiger partial charge in [0.15, 0.2) is 0 Å². The lowest BCUT2D eigenvalue weighted by atomic mass is 9.79. The minimum Gasteiger partial charge on any atom is -0.496 e. The highest BCUT2D eigenvalue weighted by atomic mass is 32.2. The van der Waals surface area contributed by atoms with E-state index in [2.05, 4.69) is 10.8 Å². The van der Waals surface area contributed by atoms with Gasteiger partial charge >= 0.3 is 0 Å². The number of hydrogen-bond acceptors (Lipinski definition) is 4. The van der Waals surface area contributed by atoms with Crippen LogP contribution in [0.3, 0.4) is 0 Å². The zero-order chi connectivity index (χ0) is 21.6. The summed E-state index contributed by atoms with van der Waals surface area (Å²) in [7, 11) is -2.41. The largest absolute Gasteiger partial charge is 0.496 e. The van der Waals surface area contributed by atoms with E-state index in [0.29, 0.717) is 23.5 Å². The van der Waals surface area contributed by atoms with E-state index in [1.54, 1.807) is 31.4 Å². The number of amides is 1. The van der Waals surface area contributed by atoms with Gasteiger partial charge in [0.05, 0.1) is 17.9 Å². The molecular weight excluding hydrogens is 410 g/mol. The number of carbonyl (C=O) groups is 1. The first kappa shape index (κ1) is 20.1. The van der Waals surface area contributed by atoms with Crippen LogP contribution in [0.15, 0.2) is 59.5 Å². The van der Waals surface area contributed by atoms with E-state index in [9.17, 15) is 13.2 Å². The molecule has 5 nitrogen and oxygen atoms in total. The maximum Gasteiger partial charge on any atom is 0.264 e. The van der Waals surface area contributed by atoms with Crippen LogP contribution in [0.5, 0.6) is 5.75 Å². The second kappa shape index (κ2) is 7.68. The van der Waals surface area contributed by atoms with Crippen LogP contribution in [-0.2, 0) is 21.2 Å². The predicted octanol–water partition coefficient (Wildman–Crippen LogP) is 4.65. The quantitative estimate of drug-likeness (QED) is 0.633. The van der Waals surface area contributed by atoms with Crippen LogP contribution in [0.1, 0.15) is 54.2 Å². The van der Waals surface area contributed by atoms with E-state index < -0.39 is 21.8 Å². The number of ether oxygens (including phenoxy) is 1. The fraction of sp³-hybridized carbons (Fsp3) is 0.320. The van der Waals surface area contributed by atoms with Gasteiger partial charge in [-0.25, -0.2) is 13.1 Å². The normalized spacial score (nSPS) is 18.4. The molecule has 0 bridgehead atoms. The van der Waals surface area contributed by atoms with Gasteiger partial charge in [0.2, 0.25) is 5.91 Å². The van der Waals surface area contributed by atoms with E-state index in [4.69, 9.17) is 4.74 Å². The summed E-state index contributed by atoms with van der Waals surface area (Å²) in [5.74, 6) is 0.199. The molecule has 3 aromatic carbocycles. The van der Waals surface area contributed by atoms with Crippen molar-refractivity contribution in [3.63, 3.8) is 0 Å². The Morgan fingerprint density at radius 2 is 1.77 bits per heavy atom. The molecule has 31 heavy (non-hydrogen) atoms. The van der Waals surface area contributed by atoms with Crippen molar-refractivity contribution in [3.05, 3.63) is 71.3 Å². The lowest BCUT2D eigenvalue weighted by Gasteiger charge is -2.28. The summed E-state index contributed by atoms with van der Waals surface area (Å²) in [4.78, 5) is 13.4. The Kier molecular flexibility index (Phi) is 4.97. The molecule has 1 atom stereocenters. The predicted molar refractivity (Wildman–Crippen MR) is 120 cm³/mol. The molecule has 2 aliphatic rings. The van der Waals surface area contributed by atoms with E-state index >= 15 is 0 Å². The molecule has 0 spiro atoms. The zero-order valence-corrected chi connectivity index (χ0v) is 18.2. The SMILES string of the molecule is COc1ccc(C2CC2)c2c1C(C(=O)NS(=O)(=O)c1cccc3ccccc13)CCC2. The topological polar surface area (TPSA) is 72.5 Å². The van der Waals surface area contributed by atoms with E-state index in [1.165, 1.54) is 24.0 Å². The molecule has 1 amide bonds. The van der Waals surface area contributed by atoms with Crippen LogP contribution in [0.25, 0.3) is 10.8 Å². The molecule has 3 aromatic rings. The van der Waals surface area contributed by atoms with Gasteiger partial charge in [0.25, 0.3) is 10.0 Å². The van der Waals surface area contributed by atoms with E-state index in [-0.39, 0.29) is 4.90 Å². The van der Waals surface area contributed by atoms with E-state index in [0.717, 1.165) is 23.8 Å². The molecule has 0 radical (unpaired) electrons. The van der Waals surface area contributed by atoms with Crippen molar-refractivity contribution in [2.75, 3.05) is 7.11 Å². The third-order valence-electron chi connectivity index (χ3n) is 6.45. The molecule has 5 rings (SSSR count). The monoisotopic (exact) mass is 435 g/mol. The molecule has 0 aliphatic heterocycles. The molecule has 160 valence electrons. The minimum absolute atomic E-state index is 0.119. The Labute approximate surface area is 182 Å². The Balaban J connectivity index is 1.51. The van der Waals surface area contributed by atoms with Gasteiger partial charge in [0, 0.05) is 10.9 Å². The van der Waals surface area contributed by atoms with Gasteiger partial charge in [0.1, 0.15) is 5.75 Å². The Hall–Kier alpha value is -2.86. The maximum absolute atomic E-state index is 13.3. The average molecular weight is 436 g/mol. The molecule has 2 aliphatic carbocycles. The van der Waals surface area contributed by atoms with Crippen LogP contribution < -0.4 is 9.46 Å². The second-order valence-corrected chi connectivity index (χ2v) is 10.1. The summed E-state index contributed by atoms with van der Waals surface area (Å²) in [6.45, 7) is 0. The zero-order valence-electron chi connectivity index (χ0n) is 17.4. The van der Waals surface area contributed by atoms with Crippen LogP contribution in [0, 0.1) is 0 Å². The number of fused-ring (bicyclic) bond motifs is 2. The maximum atomic E-state index is 13.3. The summed E-state index contributed by atoms with van der Waals surface area (Å²) in [5, 5.41) is 1.42. The van der Waals surface area contributed by atoms with Gasteiger partial charge in [-0.2, -0.15) is 0 Å². The number of nitrogens with one attached hydrogen (secondary N) is 1. The summed E-state index contributed by atoms with van der Waals surface area (Å²) in [6, 6.07) is 16.4. The first-order chi connectivity index (χ1) is 15.0. The molecule has 1 N–H and O–H groups in total. The number of hydrogen-bond donors (Lipinski definition) is 1. The second-order valence-electron chi connectivity index (χ2n) is 8.42. The third kappa shape index (κ3) is 3.59. The lowest BCUT2D eigenvalue weighted by Crippen LogP contribution is -2.36. The van der Waals surface area contributed by atoms with E-state index in [1.807, 2.05) is 24.3 Å². The fourth-order valence-corrected chi connectivity index (χ4v) is 6.10. The first-order valence-corrected chi connectivity index (χ1v) is 12.2. The Morgan fingerprint density at radius 3 is 2.55 bits per heavy atom. The van der Waals surface area contributed by atoms with Crippen molar-refractivity contribution in [1.29, 1.82) is 0 Å². The average Bonchev–Trinajstić information content (AvgIpc) is 3.62. The smallest absolute Gasteiger partial charge is 0.264 e. The lowest BCUT2D eigenvalue weighted by molar-refractivity contribution is -0.121. The molecule has 0 saturated heterocycles. The molecule has 0 aromatic heterocycles.